The average Bonchev–Trinajstić information content (AvgIpc) is 2.70. The third-order valence-electron chi connectivity index (χ3n) is 4.51. The average molecular weight is 245 g/mol. The van der Waals surface area contributed by atoms with E-state index >= 15 is 0 Å². The van der Waals surface area contributed by atoms with Crippen LogP contribution in [0.5, 0.6) is 5.75 Å². The van der Waals surface area contributed by atoms with E-state index in [1.54, 1.807) is 0 Å². The largest absolute Gasteiger partial charge is 0.486 e. The van der Waals surface area contributed by atoms with Crippen molar-refractivity contribution in [1.82, 2.24) is 4.90 Å². The molecule has 2 atom stereocenters. The van der Waals surface area contributed by atoms with E-state index in [1.165, 1.54) is 31.2 Å². The van der Waals surface area contributed by atoms with Crippen LogP contribution < -0.4 is 4.74 Å². The Bertz CT molecular complexity index is 402. The molecule has 0 N–H and O–H groups in total. The number of fused-ring (bicyclic) bond motifs is 1. The third-order valence-corrected chi connectivity index (χ3v) is 4.51. The standard InChI is InChI=1S/C16H23NO/c1-17(2)12-14-8-5-6-10-16(14)11-13-7-3-4-9-15(13)18-16/h3-4,7,9,14H,5-6,8,10-12H2,1-2H3/t14?,16-/m0/s1. The lowest BCUT2D eigenvalue weighted by Crippen LogP contribution is -2.48. The van der Waals surface area contributed by atoms with Gasteiger partial charge in [0.2, 0.25) is 0 Å². The normalized spacial score (nSPS) is 30.5. The molecule has 0 amide bonds. The number of hydrogen-bond acceptors (Lipinski definition) is 2. The third kappa shape index (κ3) is 2.03. The van der Waals surface area contributed by atoms with Crippen molar-refractivity contribution < 1.29 is 4.74 Å². The second kappa shape index (κ2) is 4.58. The molecule has 0 bridgehead atoms. The van der Waals surface area contributed by atoms with Gasteiger partial charge < -0.3 is 9.64 Å². The minimum atomic E-state index is 0.0895. The first-order valence-electron chi connectivity index (χ1n) is 7.11. The van der Waals surface area contributed by atoms with Gasteiger partial charge in [-0.1, -0.05) is 24.6 Å². The Morgan fingerprint density at radius 1 is 1.28 bits per heavy atom. The molecule has 3 rings (SSSR count). The van der Waals surface area contributed by atoms with Gasteiger partial charge in [-0.25, -0.2) is 0 Å². The van der Waals surface area contributed by atoms with Crippen LogP contribution in [0.3, 0.4) is 0 Å². The Hall–Kier alpha value is -1.02. The lowest BCUT2D eigenvalue weighted by atomic mass is 9.73. The van der Waals surface area contributed by atoms with Gasteiger partial charge in [-0.3, -0.25) is 0 Å². The number of rotatable bonds is 2. The minimum absolute atomic E-state index is 0.0895. The van der Waals surface area contributed by atoms with Crippen LogP contribution in [0.4, 0.5) is 0 Å². The molecule has 2 aliphatic rings. The Morgan fingerprint density at radius 3 is 2.89 bits per heavy atom. The molecule has 1 spiro atoms. The minimum Gasteiger partial charge on any atom is -0.486 e. The molecule has 2 nitrogen and oxygen atoms in total. The first-order chi connectivity index (χ1) is 8.70. The molecule has 1 aromatic carbocycles. The highest BCUT2D eigenvalue weighted by molar-refractivity contribution is 5.39. The zero-order valence-electron chi connectivity index (χ0n) is 11.5. The SMILES string of the molecule is CN(C)CC1CCCC[C@]12Cc1ccccc1O2. The molecular weight excluding hydrogens is 222 g/mol. The highest BCUT2D eigenvalue weighted by Crippen LogP contribution is 2.46. The summed E-state index contributed by atoms with van der Waals surface area (Å²) in [7, 11) is 4.34. The summed E-state index contributed by atoms with van der Waals surface area (Å²) in [6.07, 6.45) is 6.33. The van der Waals surface area contributed by atoms with E-state index in [9.17, 15) is 0 Å². The van der Waals surface area contributed by atoms with E-state index < -0.39 is 0 Å². The molecule has 1 fully saturated rings. The molecule has 1 aliphatic carbocycles. The molecule has 0 radical (unpaired) electrons. The van der Waals surface area contributed by atoms with E-state index in [4.69, 9.17) is 4.74 Å². The van der Waals surface area contributed by atoms with Gasteiger partial charge in [0.25, 0.3) is 0 Å². The van der Waals surface area contributed by atoms with Crippen molar-refractivity contribution in [2.75, 3.05) is 20.6 Å². The number of para-hydroxylation sites is 1. The number of nitrogens with zero attached hydrogens (tertiary/aromatic N) is 1. The number of benzene rings is 1. The van der Waals surface area contributed by atoms with Crippen molar-refractivity contribution in [3.8, 4) is 5.75 Å². The zero-order chi connectivity index (χ0) is 12.6. The summed E-state index contributed by atoms with van der Waals surface area (Å²) >= 11 is 0. The molecule has 1 aliphatic heterocycles. The summed E-state index contributed by atoms with van der Waals surface area (Å²) in [6.45, 7) is 1.15. The summed E-state index contributed by atoms with van der Waals surface area (Å²) < 4.78 is 6.42. The maximum Gasteiger partial charge on any atom is 0.123 e. The molecule has 1 unspecified atom stereocenters. The highest BCUT2D eigenvalue weighted by Gasteiger charge is 2.46. The smallest absolute Gasteiger partial charge is 0.123 e. The molecule has 1 aromatic rings. The van der Waals surface area contributed by atoms with Crippen molar-refractivity contribution >= 4 is 0 Å². The molecule has 98 valence electrons. The fourth-order valence-electron chi connectivity index (χ4n) is 3.67. The van der Waals surface area contributed by atoms with Crippen molar-refractivity contribution in [3.05, 3.63) is 29.8 Å². The Morgan fingerprint density at radius 2 is 2.11 bits per heavy atom. The summed E-state index contributed by atoms with van der Waals surface area (Å²) in [4.78, 5) is 2.31. The maximum absolute atomic E-state index is 6.42. The van der Waals surface area contributed by atoms with Crippen LogP contribution in [0, 0.1) is 5.92 Å². The molecule has 2 heteroatoms. The summed E-state index contributed by atoms with van der Waals surface area (Å²) in [5, 5.41) is 0. The van der Waals surface area contributed by atoms with E-state index in [0.717, 1.165) is 18.7 Å². The van der Waals surface area contributed by atoms with Crippen molar-refractivity contribution in [2.45, 2.75) is 37.7 Å². The summed E-state index contributed by atoms with van der Waals surface area (Å²) in [6, 6.07) is 8.57. The molecular formula is C16H23NO. The van der Waals surface area contributed by atoms with Crippen molar-refractivity contribution in [3.63, 3.8) is 0 Å². The lowest BCUT2D eigenvalue weighted by molar-refractivity contribution is -0.0150. The Kier molecular flexibility index (Phi) is 3.06. The quantitative estimate of drug-likeness (QED) is 0.794. The molecule has 1 saturated carbocycles. The summed E-state index contributed by atoms with van der Waals surface area (Å²) in [5.41, 5.74) is 1.50. The molecule has 1 heterocycles. The van der Waals surface area contributed by atoms with E-state index in [1.807, 2.05) is 0 Å². The fraction of sp³-hybridized carbons (Fsp3) is 0.625. The Balaban J connectivity index is 1.85. The van der Waals surface area contributed by atoms with Gasteiger partial charge in [0.15, 0.2) is 0 Å². The monoisotopic (exact) mass is 245 g/mol. The van der Waals surface area contributed by atoms with E-state index in [2.05, 4.69) is 43.3 Å². The second-order valence-corrected chi connectivity index (χ2v) is 6.16. The fourth-order valence-corrected chi connectivity index (χ4v) is 3.67. The molecule has 0 aromatic heterocycles. The van der Waals surface area contributed by atoms with Gasteiger partial charge in [-0.05, 0) is 45.0 Å². The lowest BCUT2D eigenvalue weighted by Gasteiger charge is -2.41. The van der Waals surface area contributed by atoms with Gasteiger partial charge in [0, 0.05) is 18.9 Å². The first-order valence-corrected chi connectivity index (χ1v) is 7.11. The first kappa shape index (κ1) is 12.0. The molecule has 0 saturated heterocycles. The predicted molar refractivity (Wildman–Crippen MR) is 74.0 cm³/mol. The van der Waals surface area contributed by atoms with Gasteiger partial charge in [0.05, 0.1) is 0 Å². The summed E-state index contributed by atoms with van der Waals surface area (Å²) in [5.74, 6) is 1.80. The topological polar surface area (TPSA) is 12.5 Å². The highest BCUT2D eigenvalue weighted by atomic mass is 16.5. The van der Waals surface area contributed by atoms with Crippen LogP contribution in [-0.2, 0) is 6.42 Å². The van der Waals surface area contributed by atoms with Gasteiger partial charge >= 0.3 is 0 Å². The van der Waals surface area contributed by atoms with Crippen LogP contribution in [-0.4, -0.2) is 31.1 Å². The number of hydrogen-bond donors (Lipinski definition) is 0. The van der Waals surface area contributed by atoms with Crippen LogP contribution in [0.25, 0.3) is 0 Å². The van der Waals surface area contributed by atoms with Crippen LogP contribution in [0.2, 0.25) is 0 Å². The number of ether oxygens (including phenoxy) is 1. The second-order valence-electron chi connectivity index (χ2n) is 6.16. The Labute approximate surface area is 110 Å². The van der Waals surface area contributed by atoms with E-state index in [-0.39, 0.29) is 5.60 Å². The predicted octanol–water partition coefficient (Wildman–Crippen LogP) is 3.11. The van der Waals surface area contributed by atoms with Gasteiger partial charge in [-0.2, -0.15) is 0 Å². The van der Waals surface area contributed by atoms with Crippen molar-refractivity contribution in [2.24, 2.45) is 5.92 Å². The van der Waals surface area contributed by atoms with Crippen molar-refractivity contribution in [1.29, 1.82) is 0 Å². The zero-order valence-corrected chi connectivity index (χ0v) is 11.5. The van der Waals surface area contributed by atoms with Crippen LogP contribution in [0.15, 0.2) is 24.3 Å². The van der Waals surface area contributed by atoms with Crippen LogP contribution in [0.1, 0.15) is 31.2 Å². The molecule has 18 heavy (non-hydrogen) atoms. The van der Waals surface area contributed by atoms with Gasteiger partial charge in [0.1, 0.15) is 11.4 Å². The van der Waals surface area contributed by atoms with Gasteiger partial charge in [-0.15, -0.1) is 0 Å². The van der Waals surface area contributed by atoms with Crippen LogP contribution >= 0.6 is 0 Å². The van der Waals surface area contributed by atoms with E-state index in [0.29, 0.717) is 5.92 Å². The maximum atomic E-state index is 6.42.